The van der Waals surface area contributed by atoms with Gasteiger partial charge in [0.2, 0.25) is 5.91 Å². The average Bonchev–Trinajstić information content (AvgIpc) is 3.29. The number of hydrogen-bond acceptors (Lipinski definition) is 4. The molecule has 7 heteroatoms. The topological polar surface area (TPSA) is 87.2 Å². The van der Waals surface area contributed by atoms with E-state index in [1.807, 2.05) is 30.3 Å². The fourth-order valence-corrected chi connectivity index (χ4v) is 3.52. The summed E-state index contributed by atoms with van der Waals surface area (Å²) in [4.78, 5) is 39.3. The summed E-state index contributed by atoms with van der Waals surface area (Å²) in [6.45, 7) is 1.04. The van der Waals surface area contributed by atoms with Crippen molar-refractivity contribution in [2.24, 2.45) is 0 Å². The number of nitrogens with zero attached hydrogens (tertiary/aromatic N) is 2. The molecule has 1 aromatic carbocycles. The standard InChI is InChI=1S/C18H22N2O5/c21-16(19-10-5-9-15(19)17(22)23)14-8-4-11-20(14)18(24)25-12-13-6-2-1-3-7-13/h1-3,6-7,14-15H,4-5,8-12H2,(H,22,23)/t14-,15-/m0/s1. The van der Waals surface area contributed by atoms with Crippen LogP contribution in [0.3, 0.4) is 0 Å². The van der Waals surface area contributed by atoms with Gasteiger partial charge in [0, 0.05) is 13.1 Å². The Labute approximate surface area is 146 Å². The van der Waals surface area contributed by atoms with E-state index in [-0.39, 0.29) is 12.5 Å². The number of rotatable bonds is 4. The van der Waals surface area contributed by atoms with Crippen LogP contribution < -0.4 is 0 Å². The Morgan fingerprint density at radius 2 is 1.64 bits per heavy atom. The van der Waals surface area contributed by atoms with Crippen LogP contribution in [-0.2, 0) is 20.9 Å². The molecule has 3 rings (SSSR count). The number of benzene rings is 1. The number of carbonyl (C=O) groups is 3. The number of carboxylic acid groups (broad SMARTS) is 1. The molecule has 0 unspecified atom stereocenters. The molecular weight excluding hydrogens is 324 g/mol. The first kappa shape index (κ1) is 17.3. The third kappa shape index (κ3) is 3.75. The summed E-state index contributed by atoms with van der Waals surface area (Å²) in [7, 11) is 0. The highest BCUT2D eigenvalue weighted by Crippen LogP contribution is 2.25. The Morgan fingerprint density at radius 1 is 1.00 bits per heavy atom. The first-order valence-corrected chi connectivity index (χ1v) is 8.58. The van der Waals surface area contributed by atoms with E-state index >= 15 is 0 Å². The van der Waals surface area contributed by atoms with E-state index in [0.29, 0.717) is 38.8 Å². The van der Waals surface area contributed by atoms with Gasteiger partial charge in [0.15, 0.2) is 0 Å². The lowest BCUT2D eigenvalue weighted by molar-refractivity contribution is -0.149. The quantitative estimate of drug-likeness (QED) is 0.899. The Morgan fingerprint density at radius 3 is 2.32 bits per heavy atom. The van der Waals surface area contributed by atoms with Gasteiger partial charge in [-0.2, -0.15) is 0 Å². The molecule has 0 aromatic heterocycles. The molecule has 0 bridgehead atoms. The highest BCUT2D eigenvalue weighted by atomic mass is 16.6. The van der Waals surface area contributed by atoms with Gasteiger partial charge in [0.05, 0.1) is 0 Å². The SMILES string of the molecule is O=C(O)[C@@H]1CCCN1C(=O)[C@@H]1CCCN1C(=O)OCc1ccccc1. The minimum Gasteiger partial charge on any atom is -0.480 e. The molecule has 25 heavy (non-hydrogen) atoms. The van der Waals surface area contributed by atoms with Crippen molar-refractivity contribution >= 4 is 18.0 Å². The molecule has 2 aliphatic heterocycles. The number of ether oxygens (including phenoxy) is 1. The summed E-state index contributed by atoms with van der Waals surface area (Å²) >= 11 is 0. The summed E-state index contributed by atoms with van der Waals surface area (Å²) in [5.41, 5.74) is 0.878. The second-order valence-electron chi connectivity index (χ2n) is 6.42. The predicted molar refractivity (Wildman–Crippen MR) is 88.7 cm³/mol. The van der Waals surface area contributed by atoms with Gasteiger partial charge in [-0.15, -0.1) is 0 Å². The van der Waals surface area contributed by atoms with Crippen LogP contribution in [0.1, 0.15) is 31.2 Å². The molecule has 1 N–H and O–H groups in total. The maximum Gasteiger partial charge on any atom is 0.410 e. The van der Waals surface area contributed by atoms with Gasteiger partial charge in [-0.1, -0.05) is 30.3 Å². The summed E-state index contributed by atoms with van der Waals surface area (Å²) in [5, 5.41) is 9.26. The van der Waals surface area contributed by atoms with Gasteiger partial charge in [0.1, 0.15) is 18.7 Å². The lowest BCUT2D eigenvalue weighted by atomic mass is 10.1. The molecule has 2 heterocycles. The van der Waals surface area contributed by atoms with Crippen molar-refractivity contribution in [1.82, 2.24) is 9.80 Å². The van der Waals surface area contributed by atoms with Gasteiger partial charge >= 0.3 is 12.1 Å². The van der Waals surface area contributed by atoms with Crippen LogP contribution in [0.25, 0.3) is 0 Å². The van der Waals surface area contributed by atoms with E-state index in [9.17, 15) is 19.5 Å². The van der Waals surface area contributed by atoms with Crippen molar-refractivity contribution in [1.29, 1.82) is 0 Å². The van der Waals surface area contributed by atoms with Gasteiger partial charge < -0.3 is 14.7 Å². The number of likely N-dealkylation sites (tertiary alicyclic amines) is 2. The first-order valence-electron chi connectivity index (χ1n) is 8.58. The van der Waals surface area contributed by atoms with Crippen LogP contribution in [0, 0.1) is 0 Å². The molecule has 2 aliphatic rings. The number of carboxylic acids is 1. The van der Waals surface area contributed by atoms with Gasteiger partial charge in [0.25, 0.3) is 0 Å². The van der Waals surface area contributed by atoms with Crippen LogP contribution >= 0.6 is 0 Å². The highest BCUT2D eigenvalue weighted by molar-refractivity contribution is 5.90. The van der Waals surface area contributed by atoms with Crippen molar-refractivity contribution in [3.8, 4) is 0 Å². The van der Waals surface area contributed by atoms with Crippen LogP contribution in [0.15, 0.2) is 30.3 Å². The molecule has 2 atom stereocenters. The van der Waals surface area contributed by atoms with E-state index in [2.05, 4.69) is 0 Å². The lowest BCUT2D eigenvalue weighted by Crippen LogP contribution is -2.51. The summed E-state index contributed by atoms with van der Waals surface area (Å²) in [6, 6.07) is 7.94. The molecule has 0 aliphatic carbocycles. The van der Waals surface area contributed by atoms with Crippen LogP contribution in [-0.4, -0.2) is 58.0 Å². The predicted octanol–water partition coefficient (Wildman–Crippen LogP) is 1.86. The minimum absolute atomic E-state index is 0.151. The molecule has 0 spiro atoms. The summed E-state index contributed by atoms with van der Waals surface area (Å²) < 4.78 is 5.33. The minimum atomic E-state index is -0.984. The first-order chi connectivity index (χ1) is 12.1. The van der Waals surface area contributed by atoms with Crippen LogP contribution in [0.4, 0.5) is 4.79 Å². The Balaban J connectivity index is 1.62. The fourth-order valence-electron chi connectivity index (χ4n) is 3.52. The Hall–Kier alpha value is -2.57. The molecule has 2 fully saturated rings. The zero-order chi connectivity index (χ0) is 17.8. The lowest BCUT2D eigenvalue weighted by Gasteiger charge is -2.29. The van der Waals surface area contributed by atoms with Crippen LogP contribution in [0.5, 0.6) is 0 Å². The Kier molecular flexibility index (Phi) is 5.21. The number of hydrogen-bond donors (Lipinski definition) is 1. The molecule has 2 amide bonds. The molecule has 7 nitrogen and oxygen atoms in total. The van der Waals surface area contributed by atoms with Gasteiger partial charge in [-0.25, -0.2) is 9.59 Å². The van der Waals surface area contributed by atoms with E-state index in [4.69, 9.17) is 4.74 Å². The van der Waals surface area contributed by atoms with Gasteiger partial charge in [-0.05, 0) is 31.2 Å². The molecule has 0 radical (unpaired) electrons. The van der Waals surface area contributed by atoms with Crippen molar-refractivity contribution in [2.75, 3.05) is 13.1 Å². The van der Waals surface area contributed by atoms with E-state index in [1.165, 1.54) is 9.80 Å². The highest BCUT2D eigenvalue weighted by Gasteiger charge is 2.42. The second-order valence-corrected chi connectivity index (χ2v) is 6.42. The third-order valence-corrected chi connectivity index (χ3v) is 4.80. The van der Waals surface area contributed by atoms with Crippen molar-refractivity contribution in [3.63, 3.8) is 0 Å². The number of aliphatic carboxylic acids is 1. The zero-order valence-electron chi connectivity index (χ0n) is 14.0. The van der Waals surface area contributed by atoms with Crippen LogP contribution in [0.2, 0.25) is 0 Å². The van der Waals surface area contributed by atoms with E-state index < -0.39 is 24.1 Å². The fraction of sp³-hybridized carbons (Fsp3) is 0.500. The van der Waals surface area contributed by atoms with E-state index in [1.54, 1.807) is 0 Å². The maximum absolute atomic E-state index is 12.8. The Bertz CT molecular complexity index is 648. The van der Waals surface area contributed by atoms with Crippen molar-refractivity contribution < 1.29 is 24.2 Å². The largest absolute Gasteiger partial charge is 0.480 e. The smallest absolute Gasteiger partial charge is 0.410 e. The van der Waals surface area contributed by atoms with Crippen molar-refractivity contribution in [3.05, 3.63) is 35.9 Å². The average molecular weight is 346 g/mol. The number of amides is 2. The molecular formula is C18H22N2O5. The van der Waals surface area contributed by atoms with Gasteiger partial charge in [-0.3, -0.25) is 9.69 Å². The normalized spacial score (nSPS) is 22.9. The third-order valence-electron chi connectivity index (χ3n) is 4.80. The zero-order valence-corrected chi connectivity index (χ0v) is 14.0. The molecule has 2 saturated heterocycles. The molecule has 134 valence electrons. The van der Waals surface area contributed by atoms with Crippen molar-refractivity contribution in [2.45, 2.75) is 44.4 Å². The molecule has 0 saturated carbocycles. The summed E-state index contributed by atoms with van der Waals surface area (Å²) in [6.07, 6.45) is 1.87. The molecule has 1 aromatic rings. The van der Waals surface area contributed by atoms with E-state index in [0.717, 1.165) is 5.56 Å². The number of carbonyl (C=O) groups excluding carboxylic acids is 2. The monoisotopic (exact) mass is 346 g/mol. The second kappa shape index (κ2) is 7.55. The summed E-state index contributed by atoms with van der Waals surface area (Å²) in [5.74, 6) is -1.26. The maximum atomic E-state index is 12.8.